The summed E-state index contributed by atoms with van der Waals surface area (Å²) in [5.74, 6) is -0.431. The maximum Gasteiger partial charge on any atom is 0.357 e. The van der Waals surface area contributed by atoms with Gasteiger partial charge in [0.1, 0.15) is 5.01 Å². The zero-order valence-corrected chi connectivity index (χ0v) is 17.4. The van der Waals surface area contributed by atoms with Gasteiger partial charge in [0.05, 0.1) is 13.2 Å². The van der Waals surface area contributed by atoms with Gasteiger partial charge in [-0.15, -0.1) is 11.3 Å². The highest BCUT2D eigenvalue weighted by Gasteiger charge is 2.27. The van der Waals surface area contributed by atoms with Crippen LogP contribution < -0.4 is 5.32 Å². The zero-order valence-electron chi connectivity index (χ0n) is 15.8. The Hall–Kier alpha value is -2.12. The van der Waals surface area contributed by atoms with E-state index in [-0.39, 0.29) is 12.1 Å². The lowest BCUT2D eigenvalue weighted by molar-refractivity contribution is 0.0520. The molecular weight excluding hydrogens is 398 g/mol. The first kappa shape index (κ1) is 20.6. The molecule has 1 N–H and O–H groups in total. The Bertz CT molecular complexity index is 803. The molecule has 1 heterocycles. The van der Waals surface area contributed by atoms with Gasteiger partial charge in [0.2, 0.25) is 0 Å². The largest absolute Gasteiger partial charge is 0.461 e. The van der Waals surface area contributed by atoms with Crippen LogP contribution in [-0.4, -0.2) is 34.5 Å². The van der Waals surface area contributed by atoms with Crippen molar-refractivity contribution in [3.05, 3.63) is 45.4 Å². The molecule has 1 aromatic heterocycles. The van der Waals surface area contributed by atoms with Crippen LogP contribution in [0.3, 0.4) is 0 Å². The van der Waals surface area contributed by atoms with Crippen LogP contribution in [0.1, 0.15) is 54.5 Å². The van der Waals surface area contributed by atoms with Gasteiger partial charge < -0.3 is 15.0 Å². The fourth-order valence-electron chi connectivity index (χ4n) is 3.32. The number of anilines is 1. The van der Waals surface area contributed by atoms with Crippen molar-refractivity contribution in [1.29, 1.82) is 0 Å². The normalized spacial score (nSPS) is 14.5. The summed E-state index contributed by atoms with van der Waals surface area (Å²) < 4.78 is 5.00. The SMILES string of the molecule is CCOC(=O)c1csc(CN(C(=O)Nc2ccc(Cl)cc2)C2CCCCC2)n1. The topological polar surface area (TPSA) is 71.5 Å². The number of aromatic nitrogens is 1. The van der Waals surface area contributed by atoms with E-state index >= 15 is 0 Å². The molecule has 1 aromatic carbocycles. The molecule has 0 aliphatic heterocycles. The first-order chi connectivity index (χ1) is 13.6. The molecular formula is C20H24ClN3O3S. The Balaban J connectivity index is 1.74. The molecule has 6 nitrogen and oxygen atoms in total. The molecule has 0 atom stereocenters. The molecule has 0 unspecified atom stereocenters. The van der Waals surface area contributed by atoms with Crippen molar-refractivity contribution in [1.82, 2.24) is 9.88 Å². The summed E-state index contributed by atoms with van der Waals surface area (Å²) in [7, 11) is 0. The van der Waals surface area contributed by atoms with Gasteiger partial charge in [0, 0.05) is 22.1 Å². The number of benzene rings is 1. The molecule has 150 valence electrons. The lowest BCUT2D eigenvalue weighted by Gasteiger charge is -2.33. The van der Waals surface area contributed by atoms with Crippen LogP contribution >= 0.6 is 22.9 Å². The third-order valence-corrected chi connectivity index (χ3v) is 5.80. The standard InChI is InChI=1S/C20H24ClN3O3S/c1-2-27-19(25)17-13-28-18(23-17)12-24(16-6-4-3-5-7-16)20(26)22-15-10-8-14(21)9-11-15/h8-11,13,16H,2-7,12H2,1H3,(H,22,26). The van der Waals surface area contributed by atoms with Crippen molar-refractivity contribution in [2.75, 3.05) is 11.9 Å². The summed E-state index contributed by atoms with van der Waals surface area (Å²) in [5.41, 5.74) is 0.991. The summed E-state index contributed by atoms with van der Waals surface area (Å²) in [6.45, 7) is 2.44. The van der Waals surface area contributed by atoms with Gasteiger partial charge in [-0.05, 0) is 44.0 Å². The molecule has 1 saturated carbocycles. The van der Waals surface area contributed by atoms with E-state index in [1.807, 2.05) is 4.90 Å². The second-order valence-electron chi connectivity index (χ2n) is 6.70. The van der Waals surface area contributed by atoms with Crippen molar-refractivity contribution in [2.24, 2.45) is 0 Å². The number of thiazole rings is 1. The predicted octanol–water partition coefficient (Wildman–Crippen LogP) is 5.34. The van der Waals surface area contributed by atoms with Crippen LogP contribution in [0, 0.1) is 0 Å². The van der Waals surface area contributed by atoms with Gasteiger partial charge >= 0.3 is 12.0 Å². The third kappa shape index (κ3) is 5.45. The lowest BCUT2D eigenvalue weighted by Crippen LogP contribution is -2.43. The highest BCUT2D eigenvalue weighted by molar-refractivity contribution is 7.09. The molecule has 2 aromatic rings. The number of carbonyl (C=O) groups is 2. The Kier molecular flexibility index (Phi) is 7.28. The molecule has 2 amide bonds. The number of nitrogens with zero attached hydrogens (tertiary/aromatic N) is 2. The van der Waals surface area contributed by atoms with Crippen molar-refractivity contribution in [2.45, 2.75) is 51.6 Å². The van der Waals surface area contributed by atoms with Gasteiger partial charge in [-0.1, -0.05) is 30.9 Å². The predicted molar refractivity (Wildman–Crippen MR) is 111 cm³/mol. The molecule has 0 radical (unpaired) electrons. The van der Waals surface area contributed by atoms with Crippen LogP contribution in [0.15, 0.2) is 29.6 Å². The number of amides is 2. The number of halogens is 1. The Labute approximate surface area is 173 Å². The second-order valence-corrected chi connectivity index (χ2v) is 8.08. The van der Waals surface area contributed by atoms with Crippen LogP contribution in [0.25, 0.3) is 0 Å². The highest BCUT2D eigenvalue weighted by Crippen LogP contribution is 2.26. The number of carbonyl (C=O) groups excluding carboxylic acids is 2. The lowest BCUT2D eigenvalue weighted by atomic mass is 9.94. The second kappa shape index (κ2) is 9.89. The molecule has 1 aliphatic carbocycles. The van der Waals surface area contributed by atoms with E-state index in [0.29, 0.717) is 29.6 Å². The van der Waals surface area contributed by atoms with Crippen LogP contribution in [0.4, 0.5) is 10.5 Å². The smallest absolute Gasteiger partial charge is 0.357 e. The van der Waals surface area contributed by atoms with Gasteiger partial charge in [0.25, 0.3) is 0 Å². The average Bonchev–Trinajstić information content (AvgIpc) is 3.17. The number of urea groups is 1. The molecule has 0 spiro atoms. The minimum absolute atomic E-state index is 0.163. The minimum atomic E-state index is -0.431. The minimum Gasteiger partial charge on any atom is -0.461 e. The summed E-state index contributed by atoms with van der Waals surface area (Å²) >= 11 is 7.29. The van der Waals surface area contributed by atoms with E-state index in [1.54, 1.807) is 36.6 Å². The maximum atomic E-state index is 13.0. The summed E-state index contributed by atoms with van der Waals surface area (Å²) in [5, 5.41) is 5.98. The van der Waals surface area contributed by atoms with Gasteiger partial charge in [0.15, 0.2) is 5.69 Å². The highest BCUT2D eigenvalue weighted by atomic mass is 35.5. The van der Waals surface area contributed by atoms with Gasteiger partial charge in [-0.2, -0.15) is 0 Å². The van der Waals surface area contributed by atoms with E-state index in [2.05, 4.69) is 10.3 Å². The molecule has 0 bridgehead atoms. The van der Waals surface area contributed by atoms with Gasteiger partial charge in [-0.3, -0.25) is 0 Å². The number of hydrogen-bond donors (Lipinski definition) is 1. The summed E-state index contributed by atoms with van der Waals surface area (Å²) in [6.07, 6.45) is 5.38. The Morgan fingerprint density at radius 2 is 1.96 bits per heavy atom. The Morgan fingerprint density at radius 1 is 1.25 bits per heavy atom. The first-order valence-corrected chi connectivity index (χ1v) is 10.8. The fraction of sp³-hybridized carbons (Fsp3) is 0.450. The monoisotopic (exact) mass is 421 g/mol. The molecule has 8 heteroatoms. The Morgan fingerprint density at radius 3 is 2.64 bits per heavy atom. The van der Waals surface area contributed by atoms with Crippen molar-refractivity contribution in [3.63, 3.8) is 0 Å². The van der Waals surface area contributed by atoms with E-state index in [0.717, 1.165) is 30.7 Å². The van der Waals surface area contributed by atoms with Crippen molar-refractivity contribution < 1.29 is 14.3 Å². The number of nitrogens with one attached hydrogen (secondary N) is 1. The third-order valence-electron chi connectivity index (χ3n) is 4.71. The first-order valence-electron chi connectivity index (χ1n) is 9.51. The van der Waals surface area contributed by atoms with Crippen molar-refractivity contribution >= 4 is 40.6 Å². The summed E-state index contributed by atoms with van der Waals surface area (Å²) in [4.78, 5) is 31.1. The van der Waals surface area contributed by atoms with E-state index in [4.69, 9.17) is 16.3 Å². The fourth-order valence-corrected chi connectivity index (χ4v) is 4.20. The molecule has 28 heavy (non-hydrogen) atoms. The van der Waals surface area contributed by atoms with Crippen LogP contribution in [0.2, 0.25) is 5.02 Å². The van der Waals surface area contributed by atoms with Gasteiger partial charge in [-0.25, -0.2) is 14.6 Å². The zero-order chi connectivity index (χ0) is 19.9. The van der Waals surface area contributed by atoms with Crippen LogP contribution in [0.5, 0.6) is 0 Å². The number of esters is 1. The molecule has 1 fully saturated rings. The summed E-state index contributed by atoms with van der Waals surface area (Å²) in [6, 6.07) is 7.05. The van der Waals surface area contributed by atoms with Crippen LogP contribution in [-0.2, 0) is 11.3 Å². The quantitative estimate of drug-likeness (QED) is 0.639. The molecule has 3 rings (SSSR count). The average molecular weight is 422 g/mol. The number of ether oxygens (including phenoxy) is 1. The molecule has 1 aliphatic rings. The maximum absolute atomic E-state index is 13.0. The number of hydrogen-bond acceptors (Lipinski definition) is 5. The van der Waals surface area contributed by atoms with E-state index in [1.165, 1.54) is 17.8 Å². The molecule has 0 saturated heterocycles. The van der Waals surface area contributed by atoms with E-state index < -0.39 is 5.97 Å². The van der Waals surface area contributed by atoms with Crippen molar-refractivity contribution in [3.8, 4) is 0 Å². The van der Waals surface area contributed by atoms with E-state index in [9.17, 15) is 9.59 Å². The number of rotatable bonds is 6.